The van der Waals surface area contributed by atoms with Crippen molar-refractivity contribution in [3.8, 4) is 5.75 Å². The lowest BCUT2D eigenvalue weighted by Crippen LogP contribution is -2.07. The van der Waals surface area contributed by atoms with E-state index in [0.29, 0.717) is 5.75 Å². The van der Waals surface area contributed by atoms with Crippen molar-refractivity contribution < 1.29 is 5.11 Å². The van der Waals surface area contributed by atoms with Crippen LogP contribution < -0.4 is 5.32 Å². The second-order valence-corrected chi connectivity index (χ2v) is 4.62. The molecule has 94 valence electrons. The third kappa shape index (κ3) is 2.80. The molecule has 0 saturated carbocycles. The molecule has 0 aliphatic heterocycles. The summed E-state index contributed by atoms with van der Waals surface area (Å²) in [6.07, 6.45) is 1.80. The van der Waals surface area contributed by atoms with Crippen molar-refractivity contribution in [2.75, 3.05) is 5.32 Å². The van der Waals surface area contributed by atoms with Gasteiger partial charge in [-0.15, -0.1) is 0 Å². The monoisotopic (exact) mass is 242 g/mol. The summed E-state index contributed by atoms with van der Waals surface area (Å²) in [5, 5.41) is 13.3. The van der Waals surface area contributed by atoms with E-state index in [1.165, 1.54) is 0 Å². The second-order valence-electron chi connectivity index (χ2n) is 4.62. The number of aromatic nitrogens is 1. The van der Waals surface area contributed by atoms with Gasteiger partial charge < -0.3 is 10.4 Å². The van der Waals surface area contributed by atoms with Crippen LogP contribution in [0.15, 0.2) is 36.5 Å². The zero-order chi connectivity index (χ0) is 13.1. The molecule has 1 unspecified atom stereocenters. The fourth-order valence-electron chi connectivity index (χ4n) is 1.90. The minimum absolute atomic E-state index is 0.0371. The van der Waals surface area contributed by atoms with Crippen molar-refractivity contribution in [2.45, 2.75) is 26.8 Å². The van der Waals surface area contributed by atoms with Gasteiger partial charge in [0.15, 0.2) is 0 Å². The summed E-state index contributed by atoms with van der Waals surface area (Å²) in [5.74, 6) is 0.329. The number of aromatic hydroxyl groups is 1. The molecular formula is C15H18N2O. The normalized spacial score (nSPS) is 12.2. The largest absolute Gasteiger partial charge is 0.508 e. The summed E-state index contributed by atoms with van der Waals surface area (Å²) in [7, 11) is 0. The molecule has 0 aliphatic carbocycles. The molecule has 1 heterocycles. The number of rotatable bonds is 3. The first-order chi connectivity index (χ1) is 8.56. The van der Waals surface area contributed by atoms with Crippen molar-refractivity contribution in [3.05, 3.63) is 53.3 Å². The number of nitrogens with one attached hydrogen (secondary N) is 1. The van der Waals surface area contributed by atoms with Crippen LogP contribution in [0.3, 0.4) is 0 Å². The van der Waals surface area contributed by atoms with Crippen LogP contribution in [-0.2, 0) is 0 Å². The highest BCUT2D eigenvalue weighted by molar-refractivity contribution is 5.46. The lowest BCUT2D eigenvalue weighted by atomic mass is 10.0. The van der Waals surface area contributed by atoms with Crippen LogP contribution in [0.4, 0.5) is 5.69 Å². The Bertz CT molecular complexity index is 535. The predicted octanol–water partition coefficient (Wildman–Crippen LogP) is 3.58. The number of aryl methyl sites for hydroxylation is 2. The van der Waals surface area contributed by atoms with E-state index in [2.05, 4.69) is 10.3 Å². The molecule has 2 N–H and O–H groups in total. The zero-order valence-corrected chi connectivity index (χ0v) is 10.9. The van der Waals surface area contributed by atoms with E-state index in [1.807, 2.05) is 45.0 Å². The number of benzene rings is 1. The van der Waals surface area contributed by atoms with Crippen LogP contribution in [0.25, 0.3) is 0 Å². The molecule has 0 saturated heterocycles. The molecule has 1 aromatic heterocycles. The minimum atomic E-state index is 0.0371. The van der Waals surface area contributed by atoms with Crippen LogP contribution in [0.2, 0.25) is 0 Å². The molecule has 18 heavy (non-hydrogen) atoms. The van der Waals surface area contributed by atoms with Gasteiger partial charge in [-0.25, -0.2) is 0 Å². The van der Waals surface area contributed by atoms with Crippen LogP contribution in [0, 0.1) is 13.8 Å². The van der Waals surface area contributed by atoms with E-state index in [1.54, 1.807) is 12.3 Å². The van der Waals surface area contributed by atoms with Crippen molar-refractivity contribution >= 4 is 5.69 Å². The van der Waals surface area contributed by atoms with Crippen molar-refractivity contribution in [1.29, 1.82) is 0 Å². The maximum absolute atomic E-state index is 9.93. The molecule has 0 radical (unpaired) electrons. The molecule has 0 fully saturated rings. The zero-order valence-electron chi connectivity index (χ0n) is 10.9. The van der Waals surface area contributed by atoms with Gasteiger partial charge in [0.1, 0.15) is 5.75 Å². The average Bonchev–Trinajstić information content (AvgIpc) is 2.32. The Labute approximate surface area is 108 Å². The van der Waals surface area contributed by atoms with Crippen LogP contribution in [-0.4, -0.2) is 10.1 Å². The molecule has 2 rings (SSSR count). The number of hydrogen-bond donors (Lipinski definition) is 2. The SMILES string of the molecule is Cc1ccc(C(C)Nc2ccc(C)nc2)c(O)c1. The Morgan fingerprint density at radius 1 is 1.17 bits per heavy atom. The van der Waals surface area contributed by atoms with E-state index in [9.17, 15) is 5.11 Å². The van der Waals surface area contributed by atoms with Gasteiger partial charge in [-0.1, -0.05) is 12.1 Å². The smallest absolute Gasteiger partial charge is 0.121 e. The molecule has 3 heteroatoms. The highest BCUT2D eigenvalue weighted by Gasteiger charge is 2.10. The van der Waals surface area contributed by atoms with Crippen molar-refractivity contribution in [2.24, 2.45) is 0 Å². The number of pyridine rings is 1. The average molecular weight is 242 g/mol. The summed E-state index contributed by atoms with van der Waals surface area (Å²) in [5.41, 5.74) is 3.89. The van der Waals surface area contributed by atoms with E-state index in [4.69, 9.17) is 0 Å². The number of anilines is 1. The van der Waals surface area contributed by atoms with Gasteiger partial charge >= 0.3 is 0 Å². The minimum Gasteiger partial charge on any atom is -0.508 e. The summed E-state index contributed by atoms with van der Waals surface area (Å²) in [6.45, 7) is 5.94. The van der Waals surface area contributed by atoms with Gasteiger partial charge in [-0.05, 0) is 44.5 Å². The van der Waals surface area contributed by atoms with Gasteiger partial charge in [0.2, 0.25) is 0 Å². The van der Waals surface area contributed by atoms with Crippen LogP contribution >= 0.6 is 0 Å². The first-order valence-electron chi connectivity index (χ1n) is 6.05. The van der Waals surface area contributed by atoms with Crippen LogP contribution in [0.1, 0.15) is 29.8 Å². The summed E-state index contributed by atoms with van der Waals surface area (Å²) < 4.78 is 0. The number of nitrogens with zero attached hydrogens (tertiary/aromatic N) is 1. The molecule has 0 amide bonds. The molecule has 2 aromatic rings. The Hall–Kier alpha value is -2.03. The number of phenols is 1. The van der Waals surface area contributed by atoms with Crippen molar-refractivity contribution in [3.63, 3.8) is 0 Å². The summed E-state index contributed by atoms with van der Waals surface area (Å²) in [4.78, 5) is 4.24. The molecular weight excluding hydrogens is 224 g/mol. The highest BCUT2D eigenvalue weighted by atomic mass is 16.3. The third-order valence-electron chi connectivity index (χ3n) is 2.95. The van der Waals surface area contributed by atoms with Gasteiger partial charge in [0, 0.05) is 11.3 Å². The molecule has 3 nitrogen and oxygen atoms in total. The van der Waals surface area contributed by atoms with Gasteiger partial charge in [0.25, 0.3) is 0 Å². The van der Waals surface area contributed by atoms with Gasteiger partial charge in [0.05, 0.1) is 17.9 Å². The third-order valence-corrected chi connectivity index (χ3v) is 2.95. The molecule has 1 aromatic carbocycles. The second kappa shape index (κ2) is 5.08. The van der Waals surface area contributed by atoms with E-state index in [-0.39, 0.29) is 6.04 Å². The molecule has 0 aliphatic rings. The highest BCUT2D eigenvalue weighted by Crippen LogP contribution is 2.27. The summed E-state index contributed by atoms with van der Waals surface area (Å²) in [6, 6.07) is 9.72. The first kappa shape index (κ1) is 12.4. The van der Waals surface area contributed by atoms with E-state index < -0.39 is 0 Å². The summed E-state index contributed by atoms with van der Waals surface area (Å²) >= 11 is 0. The number of phenolic OH excluding ortho intramolecular Hbond substituents is 1. The van der Waals surface area contributed by atoms with Crippen LogP contribution in [0.5, 0.6) is 5.75 Å². The Kier molecular flexibility index (Phi) is 3.51. The fourth-order valence-corrected chi connectivity index (χ4v) is 1.90. The van der Waals surface area contributed by atoms with Crippen molar-refractivity contribution in [1.82, 2.24) is 4.98 Å². The Balaban J connectivity index is 2.16. The quantitative estimate of drug-likeness (QED) is 0.864. The molecule has 1 atom stereocenters. The standard InChI is InChI=1S/C15H18N2O/c1-10-4-7-14(15(18)8-10)12(3)17-13-6-5-11(2)16-9-13/h4-9,12,17-18H,1-3H3. The fraction of sp³-hybridized carbons (Fsp3) is 0.267. The lowest BCUT2D eigenvalue weighted by Gasteiger charge is -2.17. The molecule has 0 spiro atoms. The first-order valence-corrected chi connectivity index (χ1v) is 6.05. The van der Waals surface area contributed by atoms with E-state index >= 15 is 0 Å². The molecule has 0 bridgehead atoms. The topological polar surface area (TPSA) is 45.2 Å². The Morgan fingerprint density at radius 2 is 1.94 bits per heavy atom. The van der Waals surface area contributed by atoms with Gasteiger partial charge in [-0.3, -0.25) is 4.98 Å². The number of hydrogen-bond acceptors (Lipinski definition) is 3. The maximum atomic E-state index is 9.93. The lowest BCUT2D eigenvalue weighted by molar-refractivity contribution is 0.465. The maximum Gasteiger partial charge on any atom is 0.121 e. The van der Waals surface area contributed by atoms with Gasteiger partial charge in [-0.2, -0.15) is 0 Å². The Morgan fingerprint density at radius 3 is 2.56 bits per heavy atom. The van der Waals surface area contributed by atoms with E-state index in [0.717, 1.165) is 22.5 Å². The predicted molar refractivity (Wildman–Crippen MR) is 73.9 cm³/mol.